The first-order chi connectivity index (χ1) is 15.2. The van der Waals surface area contributed by atoms with Crippen molar-refractivity contribution in [2.75, 3.05) is 0 Å². The Morgan fingerprint density at radius 1 is 0.844 bits per heavy atom. The quantitative estimate of drug-likeness (QED) is 0.522. The van der Waals surface area contributed by atoms with Crippen molar-refractivity contribution in [3.8, 4) is 0 Å². The highest BCUT2D eigenvalue weighted by molar-refractivity contribution is 7.90. The van der Waals surface area contributed by atoms with E-state index in [-0.39, 0.29) is 6.17 Å². The number of sulfonamides is 1. The maximum absolute atomic E-state index is 12.5. The van der Waals surface area contributed by atoms with Gasteiger partial charge < -0.3 is 10.6 Å². The minimum atomic E-state index is -5.39. The summed E-state index contributed by atoms with van der Waals surface area (Å²) in [4.78, 5) is 4.05. The Labute approximate surface area is 183 Å². The van der Waals surface area contributed by atoms with E-state index in [1.807, 2.05) is 42.5 Å². The third-order valence-corrected chi connectivity index (χ3v) is 6.08. The van der Waals surface area contributed by atoms with Gasteiger partial charge in [-0.1, -0.05) is 54.6 Å². The summed E-state index contributed by atoms with van der Waals surface area (Å²) in [6.45, 7) is -0.462. The van der Waals surface area contributed by atoms with Crippen molar-refractivity contribution in [3.05, 3.63) is 101 Å². The molecule has 0 bridgehead atoms. The number of nitrogens with one attached hydrogen (secondary N) is 3. The molecule has 2 aromatic carbocycles. The Morgan fingerprint density at radius 3 is 1.97 bits per heavy atom. The Kier molecular flexibility index (Phi) is 5.90. The third kappa shape index (κ3) is 4.61. The van der Waals surface area contributed by atoms with E-state index in [0.29, 0.717) is 5.56 Å². The summed E-state index contributed by atoms with van der Waals surface area (Å²) >= 11 is 0. The molecule has 0 aliphatic carbocycles. The second-order valence-corrected chi connectivity index (χ2v) is 8.84. The molecule has 6 nitrogen and oxygen atoms in total. The van der Waals surface area contributed by atoms with Crippen molar-refractivity contribution in [3.63, 3.8) is 0 Å². The van der Waals surface area contributed by atoms with E-state index in [2.05, 4.69) is 15.6 Å². The molecule has 0 saturated carbocycles. The maximum Gasteiger partial charge on any atom is 0.511 e. The molecular weight excluding hydrogens is 441 g/mol. The van der Waals surface area contributed by atoms with Gasteiger partial charge in [-0.3, -0.25) is 4.98 Å². The van der Waals surface area contributed by atoms with E-state index in [4.69, 9.17) is 0 Å². The lowest BCUT2D eigenvalue weighted by Crippen LogP contribution is -2.35. The number of aromatic nitrogens is 1. The highest BCUT2D eigenvalue weighted by Crippen LogP contribution is 2.32. The molecule has 0 fully saturated rings. The number of benzene rings is 2. The average molecular weight is 460 g/mol. The van der Waals surface area contributed by atoms with Crippen LogP contribution in [0.3, 0.4) is 0 Å². The lowest BCUT2D eigenvalue weighted by molar-refractivity contribution is -0.0448. The normalized spacial score (nSPS) is 16.5. The van der Waals surface area contributed by atoms with Crippen molar-refractivity contribution in [1.29, 1.82) is 0 Å². The lowest BCUT2D eigenvalue weighted by Gasteiger charge is -2.15. The summed E-state index contributed by atoms with van der Waals surface area (Å²) in [5.74, 6) is 0. The van der Waals surface area contributed by atoms with Gasteiger partial charge in [-0.15, -0.1) is 0 Å². The van der Waals surface area contributed by atoms with E-state index in [9.17, 15) is 21.6 Å². The monoisotopic (exact) mass is 460 g/mol. The van der Waals surface area contributed by atoms with E-state index >= 15 is 0 Å². The molecule has 4 rings (SSSR count). The van der Waals surface area contributed by atoms with Gasteiger partial charge >= 0.3 is 15.5 Å². The van der Waals surface area contributed by atoms with Crippen LogP contribution in [0.2, 0.25) is 0 Å². The fourth-order valence-corrected chi connectivity index (χ4v) is 3.82. The highest BCUT2D eigenvalue weighted by Gasteiger charge is 2.45. The standard InChI is InChI=1S/C22H19F3N4O2S/c23-22(24,25)32(30,31)27-14-15-6-8-16(9-7-15)19-20(17-10-12-26-13-11-17)29-21(28-19)18-4-2-1-3-5-18/h1-13,21,27-29H,14H2. The molecule has 2 heterocycles. The molecular formula is C22H19F3N4O2S. The first-order valence-corrected chi connectivity index (χ1v) is 11.1. The lowest BCUT2D eigenvalue weighted by atomic mass is 10.1. The number of nitrogens with zero attached hydrogens (tertiary/aromatic N) is 1. The molecule has 1 aliphatic heterocycles. The number of rotatable bonds is 6. The largest absolute Gasteiger partial charge is 0.511 e. The summed E-state index contributed by atoms with van der Waals surface area (Å²) in [5.41, 5.74) is -0.527. The molecule has 3 aromatic rings. The van der Waals surface area contributed by atoms with E-state index in [1.54, 1.807) is 41.4 Å². The molecule has 0 saturated heterocycles. The maximum atomic E-state index is 12.5. The molecule has 32 heavy (non-hydrogen) atoms. The number of alkyl halides is 3. The highest BCUT2D eigenvalue weighted by atomic mass is 32.2. The molecule has 1 aliphatic rings. The Bertz CT molecular complexity index is 1210. The second kappa shape index (κ2) is 8.64. The minimum Gasteiger partial charge on any atom is -0.359 e. The second-order valence-electron chi connectivity index (χ2n) is 7.09. The van der Waals surface area contributed by atoms with Gasteiger partial charge in [0.1, 0.15) is 6.17 Å². The average Bonchev–Trinajstić information content (AvgIpc) is 3.24. The fraction of sp³-hybridized carbons (Fsp3) is 0.136. The van der Waals surface area contributed by atoms with Crippen LogP contribution in [0.5, 0.6) is 0 Å². The van der Waals surface area contributed by atoms with E-state index < -0.39 is 22.1 Å². The SMILES string of the molecule is O=S(=O)(NCc1ccc(C2=C(c3ccncc3)NC(c3ccccc3)N2)cc1)C(F)(F)F. The zero-order valence-electron chi connectivity index (χ0n) is 16.6. The van der Waals surface area contributed by atoms with Gasteiger partial charge in [0.05, 0.1) is 11.4 Å². The molecule has 3 N–H and O–H groups in total. The van der Waals surface area contributed by atoms with Crippen LogP contribution in [-0.2, 0) is 16.6 Å². The van der Waals surface area contributed by atoms with Gasteiger partial charge in [0, 0.05) is 24.5 Å². The van der Waals surface area contributed by atoms with Crippen molar-refractivity contribution >= 4 is 21.4 Å². The smallest absolute Gasteiger partial charge is 0.359 e. The van der Waals surface area contributed by atoms with Crippen LogP contribution >= 0.6 is 0 Å². The molecule has 166 valence electrons. The zero-order chi connectivity index (χ0) is 22.8. The van der Waals surface area contributed by atoms with Crippen molar-refractivity contribution in [2.45, 2.75) is 18.2 Å². The van der Waals surface area contributed by atoms with Crippen LogP contribution < -0.4 is 15.4 Å². The first-order valence-electron chi connectivity index (χ1n) is 9.62. The topological polar surface area (TPSA) is 83.1 Å². The van der Waals surface area contributed by atoms with Gasteiger partial charge in [0.2, 0.25) is 0 Å². The Hall–Kier alpha value is -3.37. The summed E-state index contributed by atoms with van der Waals surface area (Å²) in [7, 11) is -5.39. The predicted molar refractivity (Wildman–Crippen MR) is 115 cm³/mol. The molecule has 1 aromatic heterocycles. The van der Waals surface area contributed by atoms with Crippen molar-refractivity contribution in [1.82, 2.24) is 20.3 Å². The molecule has 1 unspecified atom stereocenters. The Morgan fingerprint density at radius 2 is 1.41 bits per heavy atom. The molecule has 0 amide bonds. The summed E-state index contributed by atoms with van der Waals surface area (Å²) in [5, 5.41) is 6.93. The van der Waals surface area contributed by atoms with Crippen LogP contribution in [-0.4, -0.2) is 18.9 Å². The first kappa shape index (κ1) is 21.8. The third-order valence-electron chi connectivity index (χ3n) is 4.94. The Balaban J connectivity index is 1.59. The number of hydrogen-bond donors (Lipinski definition) is 3. The molecule has 0 spiro atoms. The summed E-state index contributed by atoms with van der Waals surface area (Å²) in [6, 6.07) is 20.2. The van der Waals surface area contributed by atoms with Crippen LogP contribution in [0.4, 0.5) is 13.2 Å². The number of pyridine rings is 1. The van der Waals surface area contributed by atoms with Gasteiger partial charge in [0.25, 0.3) is 0 Å². The van der Waals surface area contributed by atoms with Crippen molar-refractivity contribution < 1.29 is 21.6 Å². The molecule has 1 atom stereocenters. The summed E-state index contributed by atoms with van der Waals surface area (Å²) < 4.78 is 61.5. The number of halogens is 3. The van der Waals surface area contributed by atoms with Gasteiger partial charge in [-0.05, 0) is 28.8 Å². The van der Waals surface area contributed by atoms with Crippen LogP contribution in [0.25, 0.3) is 11.4 Å². The van der Waals surface area contributed by atoms with E-state index in [1.165, 1.54) is 0 Å². The van der Waals surface area contributed by atoms with Gasteiger partial charge in [0.15, 0.2) is 0 Å². The molecule has 0 radical (unpaired) electrons. The van der Waals surface area contributed by atoms with Crippen LogP contribution in [0.15, 0.2) is 79.1 Å². The predicted octanol–water partition coefficient (Wildman–Crippen LogP) is 3.74. The fourth-order valence-electron chi connectivity index (χ4n) is 3.30. The van der Waals surface area contributed by atoms with Crippen molar-refractivity contribution in [2.24, 2.45) is 0 Å². The van der Waals surface area contributed by atoms with Crippen LogP contribution in [0.1, 0.15) is 28.4 Å². The van der Waals surface area contributed by atoms with E-state index in [0.717, 1.165) is 28.1 Å². The van der Waals surface area contributed by atoms with Gasteiger partial charge in [-0.2, -0.15) is 13.2 Å². The zero-order valence-corrected chi connectivity index (χ0v) is 17.4. The van der Waals surface area contributed by atoms with Gasteiger partial charge in [-0.25, -0.2) is 13.1 Å². The minimum absolute atomic E-state index is 0.173. The van der Waals surface area contributed by atoms with Crippen LogP contribution in [0, 0.1) is 0 Å². The molecule has 10 heteroatoms. The summed E-state index contributed by atoms with van der Waals surface area (Å²) in [6.07, 6.45) is 3.20. The number of hydrogen-bond acceptors (Lipinski definition) is 5.